The van der Waals surface area contributed by atoms with Gasteiger partial charge in [-0.3, -0.25) is 0 Å². The smallest absolute Gasteiger partial charge is 0.317 e. The number of amides is 2. The first-order valence-corrected chi connectivity index (χ1v) is 8.04. The fourth-order valence-electron chi connectivity index (χ4n) is 2.57. The Kier molecular flexibility index (Phi) is 6.38. The molecule has 2 rings (SSSR count). The van der Waals surface area contributed by atoms with Gasteiger partial charge in [-0.15, -0.1) is 0 Å². The average Bonchev–Trinajstić information content (AvgIpc) is 2.81. The van der Waals surface area contributed by atoms with E-state index in [4.69, 9.17) is 4.74 Å². The first kappa shape index (κ1) is 15.7. The van der Waals surface area contributed by atoms with Gasteiger partial charge in [0.05, 0.1) is 6.54 Å². The lowest BCUT2D eigenvalue weighted by Gasteiger charge is -2.20. The van der Waals surface area contributed by atoms with Gasteiger partial charge in [-0.05, 0) is 37.0 Å². The number of carbonyl (C=O) groups excluding carboxylic acids is 1. The molecule has 116 valence electrons. The van der Waals surface area contributed by atoms with Crippen molar-refractivity contribution in [3.05, 3.63) is 29.8 Å². The number of nitrogens with one attached hydrogen (secondary N) is 1. The molecule has 4 nitrogen and oxygen atoms in total. The van der Waals surface area contributed by atoms with Gasteiger partial charge in [0.15, 0.2) is 0 Å². The topological polar surface area (TPSA) is 41.6 Å². The highest BCUT2D eigenvalue weighted by atomic mass is 16.5. The van der Waals surface area contributed by atoms with Crippen molar-refractivity contribution in [1.29, 1.82) is 0 Å². The largest absolute Gasteiger partial charge is 0.492 e. The van der Waals surface area contributed by atoms with Crippen LogP contribution in [0.3, 0.4) is 0 Å². The van der Waals surface area contributed by atoms with Gasteiger partial charge < -0.3 is 15.0 Å². The predicted octanol–water partition coefficient (Wildman–Crippen LogP) is 3.21. The number of nitrogens with zero attached hydrogens (tertiary/aromatic N) is 1. The van der Waals surface area contributed by atoms with E-state index in [2.05, 4.69) is 24.4 Å². The lowest BCUT2D eigenvalue weighted by atomic mass is 10.2. The zero-order valence-electron chi connectivity index (χ0n) is 12.9. The van der Waals surface area contributed by atoms with Crippen LogP contribution >= 0.6 is 0 Å². The summed E-state index contributed by atoms with van der Waals surface area (Å²) in [4.78, 5) is 13.9. The van der Waals surface area contributed by atoms with Crippen LogP contribution in [0.25, 0.3) is 0 Å². The molecule has 1 aromatic rings. The lowest BCUT2D eigenvalue weighted by molar-refractivity contribution is 0.196. The number of rotatable bonds is 5. The SMILES string of the molecule is CCc1cccc(OCCNC(=O)N2CCCCCC2)c1. The molecular weight excluding hydrogens is 264 g/mol. The molecule has 21 heavy (non-hydrogen) atoms. The summed E-state index contributed by atoms with van der Waals surface area (Å²) in [6.07, 6.45) is 5.71. The van der Waals surface area contributed by atoms with Crippen molar-refractivity contribution >= 4 is 6.03 Å². The van der Waals surface area contributed by atoms with E-state index in [1.165, 1.54) is 18.4 Å². The summed E-state index contributed by atoms with van der Waals surface area (Å²) in [5, 5.41) is 2.94. The molecule has 1 aromatic carbocycles. The van der Waals surface area contributed by atoms with Crippen molar-refractivity contribution in [3.8, 4) is 5.75 Å². The normalized spacial score (nSPS) is 15.4. The second kappa shape index (κ2) is 8.55. The van der Waals surface area contributed by atoms with Crippen LogP contribution in [0.4, 0.5) is 4.79 Å². The summed E-state index contributed by atoms with van der Waals surface area (Å²) in [6.45, 7) is 4.94. The van der Waals surface area contributed by atoms with Crippen molar-refractivity contribution in [1.82, 2.24) is 10.2 Å². The Morgan fingerprint density at radius 3 is 2.71 bits per heavy atom. The summed E-state index contributed by atoms with van der Waals surface area (Å²) in [5.74, 6) is 0.873. The van der Waals surface area contributed by atoms with E-state index in [0.29, 0.717) is 13.2 Å². The quantitative estimate of drug-likeness (QED) is 0.846. The number of hydrogen-bond donors (Lipinski definition) is 1. The maximum Gasteiger partial charge on any atom is 0.317 e. The number of hydrogen-bond acceptors (Lipinski definition) is 2. The minimum atomic E-state index is 0.0443. The van der Waals surface area contributed by atoms with E-state index in [-0.39, 0.29) is 6.03 Å². The Balaban J connectivity index is 1.67. The van der Waals surface area contributed by atoms with E-state index in [1.54, 1.807) is 0 Å². The third-order valence-electron chi connectivity index (χ3n) is 3.85. The van der Waals surface area contributed by atoms with Crippen molar-refractivity contribution in [2.24, 2.45) is 0 Å². The van der Waals surface area contributed by atoms with E-state index < -0.39 is 0 Å². The van der Waals surface area contributed by atoms with Gasteiger partial charge in [0.2, 0.25) is 0 Å². The molecule has 1 heterocycles. The van der Waals surface area contributed by atoms with Crippen molar-refractivity contribution in [3.63, 3.8) is 0 Å². The first-order valence-electron chi connectivity index (χ1n) is 8.04. The molecule has 0 spiro atoms. The number of ether oxygens (including phenoxy) is 1. The second-order valence-electron chi connectivity index (χ2n) is 5.48. The highest BCUT2D eigenvalue weighted by Gasteiger charge is 2.14. The fraction of sp³-hybridized carbons (Fsp3) is 0.588. The number of urea groups is 1. The zero-order chi connectivity index (χ0) is 14.9. The van der Waals surface area contributed by atoms with Crippen LogP contribution in [0.1, 0.15) is 38.2 Å². The molecule has 2 amide bonds. The van der Waals surface area contributed by atoms with Crippen LogP contribution in [-0.2, 0) is 6.42 Å². The molecule has 1 N–H and O–H groups in total. The Labute approximate surface area is 127 Å². The van der Waals surface area contributed by atoms with E-state index in [0.717, 1.165) is 38.1 Å². The number of benzene rings is 1. The van der Waals surface area contributed by atoms with Crippen molar-refractivity contribution in [2.75, 3.05) is 26.2 Å². The standard InChI is InChI=1S/C17H26N2O2/c1-2-15-8-7-9-16(14-15)21-13-10-18-17(20)19-11-5-3-4-6-12-19/h7-9,14H,2-6,10-13H2,1H3,(H,18,20). The Morgan fingerprint density at radius 2 is 2.00 bits per heavy atom. The number of aryl methyl sites for hydroxylation is 1. The van der Waals surface area contributed by atoms with Crippen LogP contribution in [-0.4, -0.2) is 37.2 Å². The number of likely N-dealkylation sites (tertiary alicyclic amines) is 1. The molecule has 0 aromatic heterocycles. The van der Waals surface area contributed by atoms with Crippen LogP contribution in [0.15, 0.2) is 24.3 Å². The molecule has 1 saturated heterocycles. The molecule has 1 aliphatic heterocycles. The minimum Gasteiger partial charge on any atom is -0.492 e. The maximum absolute atomic E-state index is 12.0. The highest BCUT2D eigenvalue weighted by molar-refractivity contribution is 5.74. The molecule has 0 unspecified atom stereocenters. The van der Waals surface area contributed by atoms with Crippen LogP contribution in [0, 0.1) is 0 Å². The first-order chi connectivity index (χ1) is 10.3. The van der Waals surface area contributed by atoms with Crippen LogP contribution in [0.5, 0.6) is 5.75 Å². The second-order valence-corrected chi connectivity index (χ2v) is 5.48. The Bertz CT molecular complexity index is 440. The lowest BCUT2D eigenvalue weighted by Crippen LogP contribution is -2.41. The third kappa shape index (κ3) is 5.29. The van der Waals surface area contributed by atoms with E-state index in [1.807, 2.05) is 17.0 Å². The fourth-order valence-corrected chi connectivity index (χ4v) is 2.57. The van der Waals surface area contributed by atoms with Gasteiger partial charge in [-0.1, -0.05) is 31.9 Å². The molecule has 1 aliphatic rings. The Morgan fingerprint density at radius 1 is 1.24 bits per heavy atom. The zero-order valence-corrected chi connectivity index (χ0v) is 12.9. The molecule has 0 atom stereocenters. The highest BCUT2D eigenvalue weighted by Crippen LogP contribution is 2.13. The summed E-state index contributed by atoms with van der Waals surface area (Å²) in [6, 6.07) is 8.15. The molecule has 0 radical (unpaired) electrons. The van der Waals surface area contributed by atoms with Gasteiger partial charge in [-0.2, -0.15) is 0 Å². The van der Waals surface area contributed by atoms with Gasteiger partial charge >= 0.3 is 6.03 Å². The van der Waals surface area contributed by atoms with Crippen molar-refractivity contribution < 1.29 is 9.53 Å². The van der Waals surface area contributed by atoms with E-state index in [9.17, 15) is 4.79 Å². The van der Waals surface area contributed by atoms with Crippen LogP contribution < -0.4 is 10.1 Å². The molecule has 0 saturated carbocycles. The molecule has 1 fully saturated rings. The summed E-state index contributed by atoms with van der Waals surface area (Å²) in [5.41, 5.74) is 1.26. The monoisotopic (exact) mass is 290 g/mol. The van der Waals surface area contributed by atoms with Gasteiger partial charge in [0.25, 0.3) is 0 Å². The minimum absolute atomic E-state index is 0.0443. The number of carbonyl (C=O) groups is 1. The summed E-state index contributed by atoms with van der Waals surface area (Å²) < 4.78 is 5.68. The Hall–Kier alpha value is -1.71. The van der Waals surface area contributed by atoms with Gasteiger partial charge in [0, 0.05) is 13.1 Å². The molecule has 4 heteroatoms. The van der Waals surface area contributed by atoms with E-state index >= 15 is 0 Å². The molecular formula is C17H26N2O2. The molecule has 0 bridgehead atoms. The molecule has 0 aliphatic carbocycles. The van der Waals surface area contributed by atoms with Crippen molar-refractivity contribution in [2.45, 2.75) is 39.0 Å². The predicted molar refractivity (Wildman–Crippen MR) is 84.8 cm³/mol. The van der Waals surface area contributed by atoms with Gasteiger partial charge in [-0.25, -0.2) is 4.79 Å². The maximum atomic E-state index is 12.0. The average molecular weight is 290 g/mol. The summed E-state index contributed by atoms with van der Waals surface area (Å²) in [7, 11) is 0. The summed E-state index contributed by atoms with van der Waals surface area (Å²) >= 11 is 0. The van der Waals surface area contributed by atoms with Gasteiger partial charge in [0.1, 0.15) is 12.4 Å². The third-order valence-corrected chi connectivity index (χ3v) is 3.85. The van der Waals surface area contributed by atoms with Crippen LogP contribution in [0.2, 0.25) is 0 Å².